The van der Waals surface area contributed by atoms with E-state index in [2.05, 4.69) is 17.6 Å². The summed E-state index contributed by atoms with van der Waals surface area (Å²) in [7, 11) is 0. The van der Waals surface area contributed by atoms with Crippen molar-refractivity contribution in [2.24, 2.45) is 5.73 Å². The van der Waals surface area contributed by atoms with E-state index < -0.39 is 0 Å². The van der Waals surface area contributed by atoms with Crippen LogP contribution in [0.25, 0.3) is 0 Å². The molecule has 0 atom stereocenters. The topological polar surface area (TPSA) is 58.4 Å². The third-order valence-corrected chi connectivity index (χ3v) is 3.82. The number of hydrazine groups is 1. The number of benzene rings is 1. The zero-order valence-electron chi connectivity index (χ0n) is 9.78. The zero-order chi connectivity index (χ0) is 11.9. The third-order valence-electron chi connectivity index (χ3n) is 3.82. The van der Waals surface area contributed by atoms with Gasteiger partial charge in [0, 0.05) is 18.5 Å². The lowest BCUT2D eigenvalue weighted by Crippen LogP contribution is -2.43. The Bertz CT molecular complexity index is 436. The minimum absolute atomic E-state index is 0.0864. The molecule has 1 aliphatic heterocycles. The smallest absolute Gasteiger partial charge is 0.240 e. The van der Waals surface area contributed by atoms with E-state index in [1.807, 2.05) is 17.1 Å². The maximum Gasteiger partial charge on any atom is 0.240 e. The Kier molecular flexibility index (Phi) is 2.33. The van der Waals surface area contributed by atoms with Crippen LogP contribution in [-0.4, -0.2) is 12.5 Å². The lowest BCUT2D eigenvalue weighted by atomic mass is 9.73. The number of nitrogens with zero attached hydrogens (tertiary/aromatic N) is 1. The van der Waals surface area contributed by atoms with Crippen molar-refractivity contribution in [1.29, 1.82) is 0 Å². The predicted molar refractivity (Wildman–Crippen MR) is 66.3 cm³/mol. The number of carbonyl (C=O) groups excluding carboxylic acids is 1. The first kappa shape index (κ1) is 10.6. The molecule has 1 aromatic rings. The molecule has 1 heterocycles. The van der Waals surface area contributed by atoms with Gasteiger partial charge < -0.3 is 5.73 Å². The number of hydrogen-bond acceptors (Lipinski definition) is 3. The number of amides is 1. The molecule has 2 fully saturated rings. The van der Waals surface area contributed by atoms with Crippen molar-refractivity contribution >= 4 is 11.6 Å². The Morgan fingerprint density at radius 1 is 1.24 bits per heavy atom. The summed E-state index contributed by atoms with van der Waals surface area (Å²) in [5.41, 5.74) is 11.2. The maximum atomic E-state index is 11.1. The van der Waals surface area contributed by atoms with E-state index in [9.17, 15) is 4.79 Å². The lowest BCUT2D eigenvalue weighted by Gasteiger charge is -2.38. The third kappa shape index (κ3) is 1.78. The van der Waals surface area contributed by atoms with Gasteiger partial charge in [-0.25, -0.2) is 0 Å². The van der Waals surface area contributed by atoms with E-state index in [1.54, 1.807) is 0 Å². The number of rotatable bonds is 2. The van der Waals surface area contributed by atoms with Gasteiger partial charge in [-0.05, 0) is 37.0 Å². The molecule has 2 aliphatic rings. The van der Waals surface area contributed by atoms with Crippen molar-refractivity contribution in [1.82, 2.24) is 5.43 Å². The average Bonchev–Trinajstić information content (AvgIpc) is 2.73. The van der Waals surface area contributed by atoms with Gasteiger partial charge in [0.15, 0.2) is 0 Å². The summed E-state index contributed by atoms with van der Waals surface area (Å²) in [6, 6.07) is 8.24. The summed E-state index contributed by atoms with van der Waals surface area (Å²) in [4.78, 5) is 11.1. The number of nitrogens with two attached hydrogens (primary N) is 1. The highest BCUT2D eigenvalue weighted by Gasteiger charge is 2.34. The molecule has 3 rings (SSSR count). The Balaban J connectivity index is 1.78. The molecular weight excluding hydrogens is 214 g/mol. The van der Waals surface area contributed by atoms with E-state index in [0.29, 0.717) is 6.42 Å². The van der Waals surface area contributed by atoms with E-state index in [1.165, 1.54) is 12.0 Å². The van der Waals surface area contributed by atoms with Gasteiger partial charge >= 0.3 is 0 Å². The number of anilines is 1. The van der Waals surface area contributed by atoms with Gasteiger partial charge in [0.1, 0.15) is 0 Å². The van der Waals surface area contributed by atoms with E-state index in [4.69, 9.17) is 5.73 Å². The molecule has 17 heavy (non-hydrogen) atoms. The number of hydrogen-bond donors (Lipinski definition) is 2. The highest BCUT2D eigenvalue weighted by atomic mass is 16.2. The molecule has 1 aromatic carbocycles. The molecule has 0 aromatic heterocycles. The Labute approximate surface area is 101 Å². The van der Waals surface area contributed by atoms with Crippen LogP contribution in [-0.2, 0) is 10.3 Å². The van der Waals surface area contributed by atoms with Crippen LogP contribution in [0.1, 0.15) is 31.2 Å². The molecule has 3 N–H and O–H groups in total. The van der Waals surface area contributed by atoms with Gasteiger partial charge in [-0.1, -0.05) is 12.1 Å². The molecule has 1 saturated carbocycles. The first-order valence-electron chi connectivity index (χ1n) is 6.14. The monoisotopic (exact) mass is 231 g/mol. The Hall–Kier alpha value is -1.55. The van der Waals surface area contributed by atoms with Crippen molar-refractivity contribution in [3.8, 4) is 0 Å². The van der Waals surface area contributed by atoms with Crippen LogP contribution in [0.2, 0.25) is 0 Å². The molecule has 1 saturated heterocycles. The summed E-state index contributed by atoms with van der Waals surface area (Å²) < 4.78 is 0. The zero-order valence-corrected chi connectivity index (χ0v) is 9.78. The van der Waals surface area contributed by atoms with Crippen LogP contribution < -0.4 is 16.2 Å². The molecule has 4 nitrogen and oxygen atoms in total. The van der Waals surface area contributed by atoms with Gasteiger partial charge in [-0.15, -0.1) is 0 Å². The molecule has 0 bridgehead atoms. The Morgan fingerprint density at radius 2 is 1.94 bits per heavy atom. The minimum atomic E-state index is -0.104. The lowest BCUT2D eigenvalue weighted by molar-refractivity contribution is -0.119. The highest BCUT2D eigenvalue weighted by molar-refractivity contribution is 5.81. The normalized spacial score (nSPS) is 22.2. The summed E-state index contributed by atoms with van der Waals surface area (Å²) in [5.74, 6) is 0.0864. The fourth-order valence-electron chi connectivity index (χ4n) is 2.49. The molecule has 1 aliphatic carbocycles. The van der Waals surface area contributed by atoms with Crippen molar-refractivity contribution in [3.05, 3.63) is 29.8 Å². The van der Waals surface area contributed by atoms with Crippen LogP contribution in [0.4, 0.5) is 5.69 Å². The van der Waals surface area contributed by atoms with Crippen molar-refractivity contribution < 1.29 is 4.79 Å². The summed E-state index contributed by atoms with van der Waals surface area (Å²) in [5, 5.41) is 1.88. The number of nitrogens with one attached hydrogen (secondary N) is 1. The average molecular weight is 231 g/mol. The molecule has 90 valence electrons. The minimum Gasteiger partial charge on any atom is -0.321 e. The first-order chi connectivity index (χ1) is 8.17. The van der Waals surface area contributed by atoms with Crippen molar-refractivity contribution in [2.75, 3.05) is 11.6 Å². The highest BCUT2D eigenvalue weighted by Crippen LogP contribution is 2.39. The first-order valence-corrected chi connectivity index (χ1v) is 6.14. The molecular formula is C13H17N3O. The molecule has 1 amide bonds. The summed E-state index contributed by atoms with van der Waals surface area (Å²) in [6.45, 7) is 0.742. The molecule has 0 radical (unpaired) electrons. The Morgan fingerprint density at radius 3 is 2.41 bits per heavy atom. The quantitative estimate of drug-likeness (QED) is 0.805. The van der Waals surface area contributed by atoms with Gasteiger partial charge in [0.25, 0.3) is 0 Å². The van der Waals surface area contributed by atoms with Gasteiger partial charge in [-0.3, -0.25) is 15.2 Å². The summed E-state index contributed by atoms with van der Waals surface area (Å²) in [6.07, 6.45) is 3.95. The van der Waals surface area contributed by atoms with Crippen LogP contribution >= 0.6 is 0 Å². The molecule has 0 spiro atoms. The van der Waals surface area contributed by atoms with Crippen LogP contribution in [0.3, 0.4) is 0 Å². The number of carbonyl (C=O) groups is 1. The van der Waals surface area contributed by atoms with Gasteiger partial charge in [-0.2, -0.15) is 0 Å². The molecule has 0 unspecified atom stereocenters. The predicted octanol–water partition coefficient (Wildman–Crippen LogP) is 1.27. The van der Waals surface area contributed by atoms with E-state index in [0.717, 1.165) is 25.1 Å². The largest absolute Gasteiger partial charge is 0.321 e. The van der Waals surface area contributed by atoms with Crippen LogP contribution in [0.5, 0.6) is 0 Å². The van der Waals surface area contributed by atoms with E-state index in [-0.39, 0.29) is 11.4 Å². The van der Waals surface area contributed by atoms with Crippen molar-refractivity contribution in [2.45, 2.75) is 31.2 Å². The SMILES string of the molecule is NC1(c2ccc(N3CCC(=O)N3)cc2)CCC1. The maximum absolute atomic E-state index is 11.1. The second kappa shape index (κ2) is 3.74. The standard InChI is InChI=1S/C13H17N3O/c14-13(7-1-8-13)10-2-4-11(5-3-10)16-9-6-12(17)15-16/h2-5H,1,6-9,14H2,(H,15,17). The second-order valence-electron chi connectivity index (χ2n) is 4.99. The van der Waals surface area contributed by atoms with Gasteiger partial charge in [0.2, 0.25) is 5.91 Å². The second-order valence-corrected chi connectivity index (χ2v) is 4.99. The van der Waals surface area contributed by atoms with Gasteiger partial charge in [0.05, 0.1) is 5.69 Å². The molecule has 4 heteroatoms. The van der Waals surface area contributed by atoms with Crippen LogP contribution in [0, 0.1) is 0 Å². The fourth-order valence-corrected chi connectivity index (χ4v) is 2.49. The summed E-state index contributed by atoms with van der Waals surface area (Å²) >= 11 is 0. The fraction of sp³-hybridized carbons (Fsp3) is 0.462. The van der Waals surface area contributed by atoms with Crippen molar-refractivity contribution in [3.63, 3.8) is 0 Å². The van der Waals surface area contributed by atoms with E-state index >= 15 is 0 Å². The van der Waals surface area contributed by atoms with Crippen LogP contribution in [0.15, 0.2) is 24.3 Å².